The number of imidazole rings is 1. The van der Waals surface area contributed by atoms with Gasteiger partial charge >= 0.3 is 0 Å². The Balaban J connectivity index is 3.03. The molecule has 1 atom stereocenters. The van der Waals surface area contributed by atoms with Crippen LogP contribution in [0.25, 0.3) is 0 Å². The van der Waals surface area contributed by atoms with Gasteiger partial charge in [-0.05, 0) is 25.1 Å². The molecule has 1 rings (SSSR count). The van der Waals surface area contributed by atoms with Crippen LogP contribution in [0.2, 0.25) is 0 Å². The van der Waals surface area contributed by atoms with Crippen molar-refractivity contribution in [2.45, 2.75) is 46.3 Å². The predicted octanol–water partition coefficient (Wildman–Crippen LogP) is 3.04. The lowest BCUT2D eigenvalue weighted by Crippen LogP contribution is -2.17. The van der Waals surface area contributed by atoms with Gasteiger partial charge in [0.25, 0.3) is 0 Å². The number of aliphatic hydroxyl groups excluding tert-OH is 1. The monoisotopic (exact) mass is 228 g/mol. The van der Waals surface area contributed by atoms with Crippen molar-refractivity contribution in [3.8, 4) is 0 Å². The molecule has 86 valence electrons. The van der Waals surface area contributed by atoms with E-state index in [1.165, 1.54) is 0 Å². The van der Waals surface area contributed by atoms with Gasteiger partial charge in [0.15, 0.2) is 4.77 Å². The molecule has 2 N–H and O–H groups in total. The number of rotatable bonds is 5. The third-order valence-corrected chi connectivity index (χ3v) is 3.51. The summed E-state index contributed by atoms with van der Waals surface area (Å²) in [7, 11) is 0. The summed E-state index contributed by atoms with van der Waals surface area (Å²) < 4.78 is 2.74. The van der Waals surface area contributed by atoms with E-state index < -0.39 is 0 Å². The molecule has 0 amide bonds. The van der Waals surface area contributed by atoms with Crippen LogP contribution in [0.5, 0.6) is 0 Å². The molecule has 0 saturated heterocycles. The lowest BCUT2D eigenvalue weighted by molar-refractivity contribution is 0.252. The molecule has 1 aromatic heterocycles. The quantitative estimate of drug-likeness (QED) is 0.761. The smallest absolute Gasteiger partial charge is 0.177 e. The van der Waals surface area contributed by atoms with Gasteiger partial charge < -0.3 is 14.7 Å². The highest BCUT2D eigenvalue weighted by Crippen LogP contribution is 2.25. The Kier molecular flexibility index (Phi) is 4.54. The van der Waals surface area contributed by atoms with Crippen LogP contribution in [-0.4, -0.2) is 14.7 Å². The molecule has 3 nitrogen and oxygen atoms in total. The van der Waals surface area contributed by atoms with E-state index in [0.717, 1.165) is 18.5 Å². The van der Waals surface area contributed by atoms with Crippen molar-refractivity contribution in [3.63, 3.8) is 0 Å². The van der Waals surface area contributed by atoms with Crippen molar-refractivity contribution in [1.29, 1.82) is 0 Å². The maximum Gasteiger partial charge on any atom is 0.177 e. The van der Waals surface area contributed by atoms with Crippen molar-refractivity contribution in [2.75, 3.05) is 0 Å². The number of aromatic nitrogens is 2. The molecule has 1 heterocycles. The molecule has 0 aliphatic rings. The van der Waals surface area contributed by atoms with E-state index in [2.05, 4.69) is 25.8 Å². The minimum atomic E-state index is 0.0393. The van der Waals surface area contributed by atoms with Crippen molar-refractivity contribution in [2.24, 2.45) is 5.92 Å². The van der Waals surface area contributed by atoms with E-state index in [1.807, 2.05) is 4.57 Å². The first-order valence-electron chi connectivity index (χ1n) is 5.55. The van der Waals surface area contributed by atoms with Crippen LogP contribution in [0.15, 0.2) is 6.20 Å². The van der Waals surface area contributed by atoms with E-state index >= 15 is 0 Å². The number of aromatic amines is 1. The second kappa shape index (κ2) is 5.47. The second-order valence-corrected chi connectivity index (χ2v) is 4.32. The number of nitrogens with one attached hydrogen (secondary N) is 1. The molecule has 0 fully saturated rings. The summed E-state index contributed by atoms with van der Waals surface area (Å²) in [6.07, 6.45) is 4.06. The highest BCUT2D eigenvalue weighted by Gasteiger charge is 2.18. The van der Waals surface area contributed by atoms with Gasteiger partial charge in [0, 0.05) is 12.2 Å². The molecule has 0 aliphatic carbocycles. The minimum Gasteiger partial charge on any atom is -0.390 e. The molecule has 0 radical (unpaired) electrons. The van der Waals surface area contributed by atoms with Gasteiger partial charge in [-0.15, -0.1) is 0 Å². The molecule has 4 heteroatoms. The lowest BCUT2D eigenvalue weighted by Gasteiger charge is -2.24. The Morgan fingerprint density at radius 1 is 1.47 bits per heavy atom. The van der Waals surface area contributed by atoms with Crippen molar-refractivity contribution in [3.05, 3.63) is 16.7 Å². The largest absolute Gasteiger partial charge is 0.390 e. The van der Waals surface area contributed by atoms with E-state index in [0.29, 0.717) is 16.7 Å². The summed E-state index contributed by atoms with van der Waals surface area (Å²) >= 11 is 5.23. The number of aliphatic hydroxyl groups is 1. The molecule has 0 aliphatic heterocycles. The predicted molar refractivity (Wildman–Crippen MR) is 64.3 cm³/mol. The minimum absolute atomic E-state index is 0.0393. The summed E-state index contributed by atoms with van der Waals surface area (Å²) in [4.78, 5) is 2.99. The fraction of sp³-hybridized carbons (Fsp3) is 0.727. The summed E-state index contributed by atoms with van der Waals surface area (Å²) in [5, 5.41) is 9.22. The molecule has 0 spiro atoms. The van der Waals surface area contributed by atoms with E-state index in [1.54, 1.807) is 6.20 Å². The first kappa shape index (κ1) is 12.5. The average molecular weight is 228 g/mol. The van der Waals surface area contributed by atoms with Crippen LogP contribution in [-0.2, 0) is 6.61 Å². The third kappa shape index (κ3) is 2.49. The molecule has 0 aromatic carbocycles. The molecular formula is C11H20N2OS. The number of hydrogen-bond acceptors (Lipinski definition) is 2. The summed E-state index contributed by atoms with van der Waals surface area (Å²) in [6, 6.07) is 0.348. The first-order valence-corrected chi connectivity index (χ1v) is 5.96. The highest BCUT2D eigenvalue weighted by atomic mass is 32.1. The van der Waals surface area contributed by atoms with Gasteiger partial charge in [-0.3, -0.25) is 0 Å². The van der Waals surface area contributed by atoms with Gasteiger partial charge in [0.1, 0.15) is 0 Å². The highest BCUT2D eigenvalue weighted by molar-refractivity contribution is 7.71. The Morgan fingerprint density at radius 2 is 2.07 bits per heavy atom. The topological polar surface area (TPSA) is 41.0 Å². The molecule has 0 bridgehead atoms. The van der Waals surface area contributed by atoms with Crippen LogP contribution >= 0.6 is 12.2 Å². The van der Waals surface area contributed by atoms with Crippen LogP contribution in [0, 0.1) is 10.7 Å². The summed E-state index contributed by atoms with van der Waals surface area (Å²) in [5.41, 5.74) is 0.874. The van der Waals surface area contributed by atoms with Gasteiger partial charge in [0.05, 0.1) is 12.3 Å². The van der Waals surface area contributed by atoms with Crippen LogP contribution < -0.4 is 0 Å². The fourth-order valence-corrected chi connectivity index (χ4v) is 2.51. The first-order chi connectivity index (χ1) is 7.15. The number of H-pyrrole nitrogens is 1. The lowest BCUT2D eigenvalue weighted by atomic mass is 9.95. The zero-order chi connectivity index (χ0) is 11.4. The number of hydrogen-bond donors (Lipinski definition) is 2. The molecule has 1 unspecified atom stereocenters. The molecule has 1 aromatic rings. The third-order valence-electron chi connectivity index (χ3n) is 3.19. The zero-order valence-corrected chi connectivity index (χ0v) is 10.5. The van der Waals surface area contributed by atoms with E-state index in [4.69, 9.17) is 12.2 Å². The molecule has 0 saturated carbocycles. The fourth-order valence-electron chi connectivity index (χ4n) is 2.16. The molecule has 15 heavy (non-hydrogen) atoms. The maximum absolute atomic E-state index is 9.22. The van der Waals surface area contributed by atoms with E-state index in [9.17, 15) is 5.11 Å². The maximum atomic E-state index is 9.22. The van der Waals surface area contributed by atoms with Crippen LogP contribution in [0.4, 0.5) is 0 Å². The van der Waals surface area contributed by atoms with Gasteiger partial charge in [-0.25, -0.2) is 0 Å². The number of nitrogens with zero attached hydrogens (tertiary/aromatic N) is 1. The summed E-state index contributed by atoms with van der Waals surface area (Å²) in [6.45, 7) is 6.59. The van der Waals surface area contributed by atoms with Crippen LogP contribution in [0.3, 0.4) is 0 Å². The van der Waals surface area contributed by atoms with Gasteiger partial charge in [-0.2, -0.15) is 0 Å². The van der Waals surface area contributed by atoms with Gasteiger partial charge in [0.2, 0.25) is 0 Å². The average Bonchev–Trinajstić information content (AvgIpc) is 2.61. The van der Waals surface area contributed by atoms with Crippen molar-refractivity contribution < 1.29 is 5.11 Å². The zero-order valence-electron chi connectivity index (χ0n) is 9.66. The Bertz CT molecular complexity index is 352. The summed E-state index contributed by atoms with van der Waals surface area (Å²) in [5.74, 6) is 0.609. The normalized spacial score (nSPS) is 13.4. The Morgan fingerprint density at radius 3 is 2.53 bits per heavy atom. The van der Waals surface area contributed by atoms with Crippen molar-refractivity contribution >= 4 is 12.2 Å². The SMILES string of the molecule is CCC(CC)C(C)n1c(CO)c[nH]c1=S. The van der Waals surface area contributed by atoms with Gasteiger partial charge in [-0.1, -0.05) is 26.7 Å². The Labute approximate surface area is 96.1 Å². The second-order valence-electron chi connectivity index (χ2n) is 3.93. The van der Waals surface area contributed by atoms with Crippen molar-refractivity contribution in [1.82, 2.24) is 9.55 Å². The Hall–Kier alpha value is -0.610. The molecular weight excluding hydrogens is 208 g/mol. The standard InChI is InChI=1S/C11H20N2OS/c1-4-9(5-2)8(3)13-10(7-14)6-12-11(13)15/h6,8-9,14H,4-5,7H2,1-3H3,(H,12,15). The van der Waals surface area contributed by atoms with E-state index in [-0.39, 0.29) is 6.61 Å². The van der Waals surface area contributed by atoms with Crippen LogP contribution in [0.1, 0.15) is 45.3 Å².